The number of pyridine rings is 1. The zero-order valence-electron chi connectivity index (χ0n) is 24.4. The molecular weight excluding hydrogens is 562 g/mol. The standard InChI is InChI=1S/C32H31N7O5/c1-42-30-17-24-12-16-37(20-25(24)18-31(30)43-2)15-11-22-3-5-26(6-4-22)38-35-32(34-36-38)28-19-27(7-8-29(28)39(40)41)44-21-23-9-13-33-14-10-23/h3-10,13-14,17-19H,11-12,15-16,20-21H2,1-2H3. The first-order valence-corrected chi connectivity index (χ1v) is 14.2. The van der Waals surface area contributed by atoms with Gasteiger partial charge in [-0.05, 0) is 88.8 Å². The van der Waals surface area contributed by atoms with Crippen LogP contribution in [-0.2, 0) is 26.0 Å². The predicted molar refractivity (Wildman–Crippen MR) is 162 cm³/mol. The molecule has 5 aromatic rings. The second-order valence-corrected chi connectivity index (χ2v) is 10.4. The predicted octanol–water partition coefficient (Wildman–Crippen LogP) is 4.83. The van der Waals surface area contributed by atoms with Gasteiger partial charge in [-0.2, -0.15) is 0 Å². The summed E-state index contributed by atoms with van der Waals surface area (Å²) in [5.74, 6) is 2.12. The number of tetrazole rings is 1. The fourth-order valence-electron chi connectivity index (χ4n) is 5.24. The van der Waals surface area contributed by atoms with Crippen LogP contribution in [0, 0.1) is 10.1 Å². The van der Waals surface area contributed by atoms with E-state index < -0.39 is 4.92 Å². The molecule has 1 aliphatic rings. The third-order valence-electron chi connectivity index (χ3n) is 7.66. The summed E-state index contributed by atoms with van der Waals surface area (Å²) in [6.45, 7) is 3.05. The highest BCUT2D eigenvalue weighted by Gasteiger charge is 2.22. The van der Waals surface area contributed by atoms with E-state index in [4.69, 9.17) is 14.2 Å². The zero-order valence-corrected chi connectivity index (χ0v) is 24.4. The number of nitrogens with zero attached hydrogens (tertiary/aromatic N) is 7. The Morgan fingerprint density at radius 3 is 2.39 bits per heavy atom. The van der Waals surface area contributed by atoms with Gasteiger partial charge in [0.15, 0.2) is 11.5 Å². The number of ether oxygens (including phenoxy) is 3. The number of hydrogen-bond donors (Lipinski definition) is 0. The Bertz CT molecular complexity index is 1760. The molecule has 3 aromatic carbocycles. The van der Waals surface area contributed by atoms with Crippen LogP contribution in [0.1, 0.15) is 22.3 Å². The van der Waals surface area contributed by atoms with Crippen molar-refractivity contribution >= 4 is 5.69 Å². The van der Waals surface area contributed by atoms with E-state index in [0.29, 0.717) is 18.0 Å². The van der Waals surface area contributed by atoms with Gasteiger partial charge in [-0.15, -0.1) is 15.0 Å². The van der Waals surface area contributed by atoms with Crippen LogP contribution in [0.3, 0.4) is 0 Å². The minimum Gasteiger partial charge on any atom is -0.493 e. The molecule has 224 valence electrons. The SMILES string of the molecule is COc1cc2c(cc1OC)CN(CCc1ccc(-n3nnc(-c4cc(OCc5ccncc5)ccc4[N+](=O)[O-])n3)cc1)CC2. The average Bonchev–Trinajstić information content (AvgIpc) is 3.56. The number of benzene rings is 3. The highest BCUT2D eigenvalue weighted by molar-refractivity contribution is 5.69. The Kier molecular flexibility index (Phi) is 8.41. The van der Waals surface area contributed by atoms with E-state index in [1.165, 1.54) is 27.6 Å². The minimum atomic E-state index is -0.467. The second-order valence-electron chi connectivity index (χ2n) is 10.4. The van der Waals surface area contributed by atoms with Crippen molar-refractivity contribution in [2.75, 3.05) is 27.3 Å². The highest BCUT2D eigenvalue weighted by Crippen LogP contribution is 2.34. The van der Waals surface area contributed by atoms with Crippen molar-refractivity contribution in [1.82, 2.24) is 30.1 Å². The maximum Gasteiger partial charge on any atom is 0.280 e. The second kappa shape index (κ2) is 12.9. The molecule has 12 nitrogen and oxygen atoms in total. The Balaban J connectivity index is 1.11. The van der Waals surface area contributed by atoms with Crippen molar-refractivity contribution in [2.24, 2.45) is 0 Å². The summed E-state index contributed by atoms with van der Waals surface area (Å²) >= 11 is 0. The van der Waals surface area contributed by atoms with Crippen molar-refractivity contribution in [3.8, 4) is 34.3 Å². The maximum atomic E-state index is 11.8. The summed E-state index contributed by atoms with van der Waals surface area (Å²) in [5, 5.41) is 24.5. The maximum absolute atomic E-state index is 11.8. The Morgan fingerprint density at radius 1 is 0.909 bits per heavy atom. The molecule has 0 bridgehead atoms. The van der Waals surface area contributed by atoms with Crippen LogP contribution in [0.15, 0.2) is 79.1 Å². The Hall–Kier alpha value is -5.36. The van der Waals surface area contributed by atoms with Crippen LogP contribution in [-0.4, -0.2) is 62.3 Å². The molecule has 44 heavy (non-hydrogen) atoms. The van der Waals surface area contributed by atoms with Gasteiger partial charge >= 0.3 is 0 Å². The first-order chi connectivity index (χ1) is 21.5. The molecule has 0 fully saturated rings. The summed E-state index contributed by atoms with van der Waals surface area (Å²) in [4.78, 5) is 19.1. The molecule has 12 heteroatoms. The molecule has 0 spiro atoms. The van der Waals surface area contributed by atoms with E-state index in [2.05, 4.69) is 37.4 Å². The normalized spacial score (nSPS) is 12.9. The van der Waals surface area contributed by atoms with Crippen LogP contribution in [0.5, 0.6) is 17.2 Å². The van der Waals surface area contributed by atoms with Gasteiger partial charge < -0.3 is 14.2 Å². The monoisotopic (exact) mass is 593 g/mol. The molecule has 0 saturated carbocycles. The van der Waals surface area contributed by atoms with Gasteiger partial charge in [0.25, 0.3) is 5.69 Å². The quantitative estimate of drug-likeness (QED) is 0.155. The molecule has 0 saturated heterocycles. The first kappa shape index (κ1) is 28.7. The van der Waals surface area contributed by atoms with Gasteiger partial charge in [0.2, 0.25) is 5.82 Å². The van der Waals surface area contributed by atoms with E-state index in [1.807, 2.05) is 36.4 Å². The topological polar surface area (TPSA) is 131 Å². The number of fused-ring (bicyclic) bond motifs is 1. The number of aromatic nitrogens is 5. The third-order valence-corrected chi connectivity index (χ3v) is 7.66. The van der Waals surface area contributed by atoms with Gasteiger partial charge in [-0.1, -0.05) is 12.1 Å². The number of nitro benzene ring substituents is 1. The molecule has 2 aromatic heterocycles. The summed E-state index contributed by atoms with van der Waals surface area (Å²) in [6, 6.07) is 20.3. The average molecular weight is 594 g/mol. The third kappa shape index (κ3) is 6.35. The molecule has 0 unspecified atom stereocenters. The van der Waals surface area contributed by atoms with Crippen molar-refractivity contribution in [3.05, 3.63) is 111 Å². The van der Waals surface area contributed by atoms with Gasteiger partial charge in [0.05, 0.1) is 24.8 Å². The Morgan fingerprint density at radius 2 is 1.66 bits per heavy atom. The number of hydrogen-bond acceptors (Lipinski definition) is 10. The van der Waals surface area contributed by atoms with Crippen molar-refractivity contribution < 1.29 is 19.1 Å². The first-order valence-electron chi connectivity index (χ1n) is 14.2. The van der Waals surface area contributed by atoms with E-state index in [-0.39, 0.29) is 17.1 Å². The number of rotatable bonds is 11. The molecule has 1 aliphatic heterocycles. The van der Waals surface area contributed by atoms with Crippen LogP contribution < -0.4 is 14.2 Å². The van der Waals surface area contributed by atoms with E-state index in [1.54, 1.807) is 38.7 Å². The summed E-state index contributed by atoms with van der Waals surface area (Å²) in [5.41, 5.74) is 5.48. The lowest BCUT2D eigenvalue weighted by Gasteiger charge is -2.29. The van der Waals surface area contributed by atoms with Gasteiger partial charge in [-0.25, -0.2) is 0 Å². The number of methoxy groups -OCH3 is 2. The molecular formula is C32H31N7O5. The largest absolute Gasteiger partial charge is 0.493 e. The molecule has 0 radical (unpaired) electrons. The fraction of sp³-hybridized carbons (Fsp3) is 0.250. The van der Waals surface area contributed by atoms with E-state index in [9.17, 15) is 10.1 Å². The lowest BCUT2D eigenvalue weighted by molar-refractivity contribution is -0.384. The summed E-state index contributed by atoms with van der Waals surface area (Å²) < 4.78 is 16.8. The van der Waals surface area contributed by atoms with Gasteiger partial charge in [0.1, 0.15) is 17.9 Å². The van der Waals surface area contributed by atoms with Crippen LogP contribution in [0.25, 0.3) is 17.1 Å². The molecule has 0 amide bonds. The van der Waals surface area contributed by atoms with Crippen LogP contribution >= 0.6 is 0 Å². The fourth-order valence-corrected chi connectivity index (χ4v) is 5.24. The number of nitro groups is 1. The highest BCUT2D eigenvalue weighted by atomic mass is 16.6. The van der Waals surface area contributed by atoms with Crippen molar-refractivity contribution in [2.45, 2.75) is 26.0 Å². The summed E-state index contributed by atoms with van der Waals surface area (Å²) in [7, 11) is 3.32. The van der Waals surface area contributed by atoms with Crippen molar-refractivity contribution in [3.63, 3.8) is 0 Å². The van der Waals surface area contributed by atoms with Crippen LogP contribution in [0.4, 0.5) is 5.69 Å². The summed E-state index contributed by atoms with van der Waals surface area (Å²) in [6.07, 6.45) is 5.21. The van der Waals surface area contributed by atoms with Gasteiger partial charge in [0, 0.05) is 38.1 Å². The molecule has 6 rings (SSSR count). The smallest absolute Gasteiger partial charge is 0.280 e. The van der Waals surface area contributed by atoms with Gasteiger partial charge in [-0.3, -0.25) is 20.0 Å². The molecule has 0 atom stereocenters. The molecule has 3 heterocycles. The van der Waals surface area contributed by atoms with E-state index in [0.717, 1.165) is 49.5 Å². The Labute approximate surface area is 254 Å². The van der Waals surface area contributed by atoms with Crippen molar-refractivity contribution in [1.29, 1.82) is 0 Å². The van der Waals surface area contributed by atoms with Crippen LogP contribution in [0.2, 0.25) is 0 Å². The molecule has 0 N–H and O–H groups in total. The lowest BCUT2D eigenvalue weighted by atomic mass is 9.98. The van der Waals surface area contributed by atoms with E-state index >= 15 is 0 Å². The minimum absolute atomic E-state index is 0.130. The molecule has 0 aliphatic carbocycles. The lowest BCUT2D eigenvalue weighted by Crippen LogP contribution is -2.32. The zero-order chi connectivity index (χ0) is 30.5.